The molecule has 0 bridgehead atoms. The van der Waals surface area contributed by atoms with E-state index in [-0.39, 0.29) is 17.2 Å². The fourth-order valence-corrected chi connectivity index (χ4v) is 3.31. The van der Waals surface area contributed by atoms with Crippen molar-refractivity contribution in [1.29, 1.82) is 0 Å². The molecule has 2 unspecified atom stereocenters. The minimum absolute atomic E-state index is 0.0401. The standard InChI is InChI=1S/C16H28N2O2/c1-11-7-8-12(19-11)9-18(6)10-13-14(17)16(4,5)20-15(13,2)3/h7-8,13-14H,9-10,17H2,1-6H3. The van der Waals surface area contributed by atoms with Crippen molar-refractivity contribution in [3.8, 4) is 0 Å². The summed E-state index contributed by atoms with van der Waals surface area (Å²) in [4.78, 5) is 2.26. The molecule has 1 fully saturated rings. The number of nitrogens with zero attached hydrogens (tertiary/aromatic N) is 1. The molecular formula is C16H28N2O2. The maximum atomic E-state index is 6.40. The van der Waals surface area contributed by atoms with Crippen LogP contribution < -0.4 is 5.73 Å². The topological polar surface area (TPSA) is 51.6 Å². The van der Waals surface area contributed by atoms with Crippen LogP contribution in [0.3, 0.4) is 0 Å². The molecular weight excluding hydrogens is 252 g/mol. The SMILES string of the molecule is Cc1ccc(CN(C)CC2C(N)C(C)(C)OC2(C)C)o1. The molecule has 1 aliphatic rings. The lowest BCUT2D eigenvalue weighted by atomic mass is 9.83. The first-order valence-corrected chi connectivity index (χ1v) is 7.31. The van der Waals surface area contributed by atoms with Gasteiger partial charge in [0.1, 0.15) is 11.5 Å². The Hall–Kier alpha value is -0.840. The molecule has 1 aromatic rings. The van der Waals surface area contributed by atoms with E-state index in [2.05, 4.69) is 39.6 Å². The molecule has 0 saturated carbocycles. The zero-order valence-electron chi connectivity index (χ0n) is 13.6. The van der Waals surface area contributed by atoms with Gasteiger partial charge in [-0.15, -0.1) is 0 Å². The summed E-state index contributed by atoms with van der Waals surface area (Å²) in [5, 5.41) is 0. The van der Waals surface area contributed by atoms with Crippen LogP contribution in [0.1, 0.15) is 39.2 Å². The van der Waals surface area contributed by atoms with Gasteiger partial charge in [-0.05, 0) is 53.8 Å². The Balaban J connectivity index is 2.01. The van der Waals surface area contributed by atoms with Crippen molar-refractivity contribution in [3.05, 3.63) is 23.7 Å². The Morgan fingerprint density at radius 1 is 1.20 bits per heavy atom. The summed E-state index contributed by atoms with van der Waals surface area (Å²) in [7, 11) is 2.10. The van der Waals surface area contributed by atoms with E-state index in [1.165, 1.54) is 0 Å². The fourth-order valence-electron chi connectivity index (χ4n) is 3.31. The molecule has 0 radical (unpaired) electrons. The molecule has 1 aromatic heterocycles. The number of aryl methyl sites for hydroxylation is 1. The smallest absolute Gasteiger partial charge is 0.118 e. The molecule has 114 valence electrons. The van der Waals surface area contributed by atoms with Gasteiger partial charge in [0, 0.05) is 18.5 Å². The van der Waals surface area contributed by atoms with Gasteiger partial charge in [0.05, 0.1) is 17.7 Å². The molecule has 0 spiro atoms. The molecule has 2 atom stereocenters. The summed E-state index contributed by atoms with van der Waals surface area (Å²) < 4.78 is 11.8. The molecule has 0 aliphatic carbocycles. The number of hydrogen-bond donors (Lipinski definition) is 1. The normalized spacial score (nSPS) is 28.2. The third kappa shape index (κ3) is 3.08. The molecule has 2 heterocycles. The Kier molecular flexibility index (Phi) is 4.02. The van der Waals surface area contributed by atoms with Crippen LogP contribution in [0.2, 0.25) is 0 Å². The van der Waals surface area contributed by atoms with Gasteiger partial charge in [0.25, 0.3) is 0 Å². The van der Waals surface area contributed by atoms with E-state index in [9.17, 15) is 0 Å². The van der Waals surface area contributed by atoms with Gasteiger partial charge in [-0.25, -0.2) is 0 Å². The summed E-state index contributed by atoms with van der Waals surface area (Å²) in [5.41, 5.74) is 5.94. The number of furan rings is 1. The van der Waals surface area contributed by atoms with E-state index in [0.717, 1.165) is 24.6 Å². The maximum absolute atomic E-state index is 6.40. The average molecular weight is 280 g/mol. The number of hydrogen-bond acceptors (Lipinski definition) is 4. The van der Waals surface area contributed by atoms with E-state index in [4.69, 9.17) is 14.9 Å². The van der Waals surface area contributed by atoms with Gasteiger partial charge in [-0.1, -0.05) is 0 Å². The average Bonchev–Trinajstić information content (AvgIpc) is 2.74. The molecule has 1 saturated heterocycles. The lowest BCUT2D eigenvalue weighted by Crippen LogP contribution is -2.47. The predicted molar refractivity (Wildman–Crippen MR) is 80.5 cm³/mol. The third-order valence-corrected chi connectivity index (χ3v) is 4.39. The van der Waals surface area contributed by atoms with Crippen LogP contribution in [-0.4, -0.2) is 35.7 Å². The van der Waals surface area contributed by atoms with Crippen molar-refractivity contribution in [2.45, 2.75) is 58.4 Å². The van der Waals surface area contributed by atoms with Gasteiger partial charge in [0.2, 0.25) is 0 Å². The highest BCUT2D eigenvalue weighted by molar-refractivity contribution is 5.07. The highest BCUT2D eigenvalue weighted by Gasteiger charge is 2.52. The highest BCUT2D eigenvalue weighted by Crippen LogP contribution is 2.41. The van der Waals surface area contributed by atoms with Crippen LogP contribution in [0.15, 0.2) is 16.5 Å². The number of ether oxygens (including phenoxy) is 1. The maximum Gasteiger partial charge on any atom is 0.118 e. The van der Waals surface area contributed by atoms with Crippen LogP contribution in [-0.2, 0) is 11.3 Å². The van der Waals surface area contributed by atoms with E-state index in [1.54, 1.807) is 0 Å². The Morgan fingerprint density at radius 3 is 2.30 bits per heavy atom. The Bertz CT molecular complexity index is 465. The van der Waals surface area contributed by atoms with Crippen molar-refractivity contribution < 1.29 is 9.15 Å². The summed E-state index contributed by atoms with van der Waals surface area (Å²) in [6.45, 7) is 12.1. The second kappa shape index (κ2) is 5.17. The first kappa shape index (κ1) is 15.5. The zero-order valence-corrected chi connectivity index (χ0v) is 13.6. The minimum Gasteiger partial charge on any atom is -0.465 e. The van der Waals surface area contributed by atoms with Crippen LogP contribution in [0.25, 0.3) is 0 Å². The lowest BCUT2D eigenvalue weighted by molar-refractivity contribution is -0.0782. The van der Waals surface area contributed by atoms with Gasteiger partial charge < -0.3 is 14.9 Å². The summed E-state index contributed by atoms with van der Waals surface area (Å²) in [6, 6.07) is 4.07. The van der Waals surface area contributed by atoms with Gasteiger partial charge in [-0.3, -0.25) is 4.90 Å². The van der Waals surface area contributed by atoms with Crippen molar-refractivity contribution >= 4 is 0 Å². The molecule has 0 aromatic carbocycles. The fraction of sp³-hybridized carbons (Fsp3) is 0.750. The zero-order chi connectivity index (χ0) is 15.1. The van der Waals surface area contributed by atoms with Crippen LogP contribution in [0.4, 0.5) is 0 Å². The molecule has 1 aliphatic heterocycles. The number of rotatable bonds is 4. The van der Waals surface area contributed by atoms with Crippen molar-refractivity contribution in [2.24, 2.45) is 11.7 Å². The largest absolute Gasteiger partial charge is 0.465 e. The summed E-state index contributed by atoms with van der Waals surface area (Å²) in [6.07, 6.45) is 0. The van der Waals surface area contributed by atoms with Crippen LogP contribution >= 0.6 is 0 Å². The van der Waals surface area contributed by atoms with E-state index >= 15 is 0 Å². The highest BCUT2D eigenvalue weighted by atomic mass is 16.5. The van der Waals surface area contributed by atoms with E-state index < -0.39 is 0 Å². The lowest BCUT2D eigenvalue weighted by Gasteiger charge is -2.31. The summed E-state index contributed by atoms with van der Waals surface area (Å²) >= 11 is 0. The molecule has 2 N–H and O–H groups in total. The molecule has 2 rings (SSSR count). The van der Waals surface area contributed by atoms with E-state index in [0.29, 0.717) is 5.92 Å². The van der Waals surface area contributed by atoms with Gasteiger partial charge >= 0.3 is 0 Å². The third-order valence-electron chi connectivity index (χ3n) is 4.39. The number of nitrogens with two attached hydrogens (primary N) is 1. The minimum atomic E-state index is -0.268. The molecule has 4 heteroatoms. The molecule has 0 amide bonds. The first-order valence-electron chi connectivity index (χ1n) is 7.31. The monoisotopic (exact) mass is 280 g/mol. The van der Waals surface area contributed by atoms with E-state index in [1.807, 2.05) is 19.1 Å². The summed E-state index contributed by atoms with van der Waals surface area (Å²) in [5.74, 6) is 2.25. The van der Waals surface area contributed by atoms with Gasteiger partial charge in [0.15, 0.2) is 0 Å². The quantitative estimate of drug-likeness (QED) is 0.921. The van der Waals surface area contributed by atoms with Crippen molar-refractivity contribution in [2.75, 3.05) is 13.6 Å². The first-order chi connectivity index (χ1) is 9.12. The molecule has 4 nitrogen and oxygen atoms in total. The molecule has 20 heavy (non-hydrogen) atoms. The Morgan fingerprint density at radius 2 is 1.85 bits per heavy atom. The van der Waals surface area contributed by atoms with Crippen molar-refractivity contribution in [1.82, 2.24) is 4.90 Å². The van der Waals surface area contributed by atoms with Gasteiger partial charge in [-0.2, -0.15) is 0 Å². The van der Waals surface area contributed by atoms with Crippen molar-refractivity contribution in [3.63, 3.8) is 0 Å². The van der Waals surface area contributed by atoms with Crippen LogP contribution in [0, 0.1) is 12.8 Å². The predicted octanol–water partition coefficient (Wildman–Crippen LogP) is 2.55. The Labute approximate surface area is 122 Å². The van der Waals surface area contributed by atoms with Crippen LogP contribution in [0.5, 0.6) is 0 Å². The second-order valence-electron chi connectivity index (χ2n) is 7.15. The second-order valence-corrected chi connectivity index (χ2v) is 7.15.